The lowest BCUT2D eigenvalue weighted by Crippen LogP contribution is -1.99. The number of nitrogens with one attached hydrogen (secondary N) is 3. The largest absolute Gasteiger partial charge is 0.495 e. The molecule has 0 amide bonds. The molecule has 2 aromatic carbocycles. The maximum Gasteiger partial charge on any atom is 0.191 e. The van der Waals surface area contributed by atoms with Crippen LogP contribution in [0.4, 0.5) is 26.1 Å². The lowest BCUT2D eigenvalue weighted by molar-refractivity contribution is 0.392. The summed E-state index contributed by atoms with van der Waals surface area (Å²) in [5.41, 5.74) is 1.50. The molecule has 32 heavy (non-hydrogen) atoms. The van der Waals surface area contributed by atoms with Crippen LogP contribution in [0.25, 0.3) is 11.0 Å². The van der Waals surface area contributed by atoms with Crippen molar-refractivity contribution in [2.75, 3.05) is 24.3 Å². The van der Waals surface area contributed by atoms with E-state index in [1.807, 2.05) is 6.07 Å². The zero-order valence-corrected chi connectivity index (χ0v) is 18.0. The molecule has 1 saturated carbocycles. The summed E-state index contributed by atoms with van der Waals surface area (Å²) < 4.78 is 47.6. The number of methoxy groups -OCH3 is 2. The second kappa shape index (κ2) is 8.23. The summed E-state index contributed by atoms with van der Waals surface area (Å²) in [6, 6.07) is 7.52. The van der Waals surface area contributed by atoms with Gasteiger partial charge in [0.15, 0.2) is 28.8 Å². The average molecular weight is 459 g/mol. The van der Waals surface area contributed by atoms with Crippen molar-refractivity contribution >= 4 is 40.2 Å². The van der Waals surface area contributed by atoms with Crippen molar-refractivity contribution in [3.63, 3.8) is 0 Å². The van der Waals surface area contributed by atoms with Crippen LogP contribution in [0.2, 0.25) is 0 Å². The lowest BCUT2D eigenvalue weighted by Gasteiger charge is -2.11. The third-order valence-electron chi connectivity index (χ3n) is 5.12. The number of hydrogen-bond acceptors (Lipinski definition) is 8. The molecule has 11 heteroatoms. The van der Waals surface area contributed by atoms with E-state index >= 15 is 4.39 Å². The highest BCUT2D eigenvalue weighted by molar-refractivity contribution is 8.00. The van der Waals surface area contributed by atoms with Gasteiger partial charge in [-0.3, -0.25) is 5.10 Å². The number of hydrogen-bond donors (Lipinski definition) is 3. The Bertz CT molecular complexity index is 1290. The molecule has 1 fully saturated rings. The summed E-state index contributed by atoms with van der Waals surface area (Å²) >= 11 is 1.12. The van der Waals surface area contributed by atoms with Gasteiger partial charge >= 0.3 is 0 Å². The summed E-state index contributed by atoms with van der Waals surface area (Å²) in [6.45, 7) is 0. The number of fused-ring (bicyclic) bond motifs is 1. The Hall–Kier alpha value is -3.47. The number of H-pyrrole nitrogens is 1. The number of nitrogens with zero attached hydrogens (tertiary/aromatic N) is 2. The highest BCUT2D eigenvalue weighted by atomic mass is 32.2. The molecule has 0 aliphatic heterocycles. The Morgan fingerprint density at radius 1 is 1.16 bits per heavy atom. The van der Waals surface area contributed by atoms with Gasteiger partial charge in [-0.1, -0.05) is 5.16 Å². The molecule has 1 aliphatic carbocycles. The van der Waals surface area contributed by atoms with Crippen LogP contribution in [-0.4, -0.2) is 29.6 Å². The fourth-order valence-electron chi connectivity index (χ4n) is 3.37. The normalized spacial score (nSPS) is 13.4. The molecule has 1 aliphatic rings. The van der Waals surface area contributed by atoms with Crippen LogP contribution >= 0.6 is 11.9 Å². The van der Waals surface area contributed by atoms with Gasteiger partial charge in [-0.2, -0.15) is 5.10 Å². The van der Waals surface area contributed by atoms with E-state index < -0.39 is 11.6 Å². The van der Waals surface area contributed by atoms with Crippen LogP contribution in [0, 0.1) is 11.6 Å². The fraction of sp³-hybridized carbons (Fsp3) is 0.238. The summed E-state index contributed by atoms with van der Waals surface area (Å²) in [5, 5.41) is 14.5. The van der Waals surface area contributed by atoms with E-state index in [4.69, 9.17) is 14.0 Å². The molecule has 0 radical (unpaired) electrons. The SMILES string of the molecule is COc1cc(F)ccc1SNc1noc2cc(Nc3cc(C4CC4)[nH]n3)c(F)c(OC)c12. The first-order valence-electron chi connectivity index (χ1n) is 9.82. The van der Waals surface area contributed by atoms with Gasteiger partial charge < -0.3 is 24.0 Å². The first-order valence-corrected chi connectivity index (χ1v) is 10.6. The number of anilines is 3. The van der Waals surface area contributed by atoms with E-state index in [-0.39, 0.29) is 17.3 Å². The van der Waals surface area contributed by atoms with Gasteiger partial charge in [0.25, 0.3) is 0 Å². The first kappa shape index (κ1) is 20.4. The van der Waals surface area contributed by atoms with Crippen molar-refractivity contribution in [1.29, 1.82) is 0 Å². The third-order valence-corrected chi connectivity index (χ3v) is 5.97. The minimum absolute atomic E-state index is 0.0293. The molecular formula is C21H19F2N5O3S. The summed E-state index contributed by atoms with van der Waals surface area (Å²) in [4.78, 5) is 0.618. The predicted octanol–water partition coefficient (Wildman–Crippen LogP) is 5.59. The fourth-order valence-corrected chi connectivity index (χ4v) is 4.10. The smallest absolute Gasteiger partial charge is 0.191 e. The second-order valence-electron chi connectivity index (χ2n) is 7.28. The van der Waals surface area contributed by atoms with Gasteiger partial charge in [-0.25, -0.2) is 8.78 Å². The number of halogens is 2. The van der Waals surface area contributed by atoms with E-state index in [1.165, 1.54) is 32.4 Å². The van der Waals surface area contributed by atoms with E-state index in [9.17, 15) is 4.39 Å². The first-order chi connectivity index (χ1) is 15.6. The van der Waals surface area contributed by atoms with Crippen molar-refractivity contribution in [3.05, 3.63) is 47.7 Å². The van der Waals surface area contributed by atoms with Crippen LogP contribution in [0.3, 0.4) is 0 Å². The molecule has 2 heterocycles. The Balaban J connectivity index is 1.43. The van der Waals surface area contributed by atoms with Crippen LogP contribution in [0.5, 0.6) is 11.5 Å². The van der Waals surface area contributed by atoms with Gasteiger partial charge in [0, 0.05) is 29.8 Å². The Morgan fingerprint density at radius 3 is 2.75 bits per heavy atom. The minimum atomic E-state index is -0.605. The zero-order valence-electron chi connectivity index (χ0n) is 17.2. The molecule has 0 unspecified atom stereocenters. The second-order valence-corrected chi connectivity index (χ2v) is 8.13. The van der Waals surface area contributed by atoms with Gasteiger partial charge in [-0.05, 0) is 36.9 Å². The van der Waals surface area contributed by atoms with Gasteiger partial charge in [-0.15, -0.1) is 0 Å². The number of aromatic amines is 1. The Labute approximate surface area is 185 Å². The lowest BCUT2D eigenvalue weighted by atomic mass is 10.2. The minimum Gasteiger partial charge on any atom is -0.495 e. The molecule has 4 aromatic rings. The van der Waals surface area contributed by atoms with Crippen LogP contribution < -0.4 is 19.5 Å². The summed E-state index contributed by atoms with van der Waals surface area (Å²) in [5.74, 6) is 0.566. The number of benzene rings is 2. The highest BCUT2D eigenvalue weighted by Crippen LogP contribution is 2.42. The molecule has 5 rings (SSSR count). The third kappa shape index (κ3) is 3.79. The van der Waals surface area contributed by atoms with Crippen molar-refractivity contribution in [1.82, 2.24) is 15.4 Å². The zero-order chi connectivity index (χ0) is 22.2. The molecule has 166 valence electrons. The predicted molar refractivity (Wildman–Crippen MR) is 117 cm³/mol. The van der Waals surface area contributed by atoms with Crippen molar-refractivity contribution in [2.24, 2.45) is 0 Å². The van der Waals surface area contributed by atoms with Crippen molar-refractivity contribution in [3.8, 4) is 11.5 Å². The number of rotatable bonds is 8. The molecule has 8 nitrogen and oxygen atoms in total. The quantitative estimate of drug-likeness (QED) is 0.294. The molecule has 0 saturated heterocycles. The van der Waals surface area contributed by atoms with Crippen LogP contribution in [0.15, 0.2) is 39.8 Å². The molecular weight excluding hydrogens is 440 g/mol. The van der Waals surface area contributed by atoms with Crippen molar-refractivity contribution < 1.29 is 22.8 Å². The van der Waals surface area contributed by atoms with Gasteiger partial charge in [0.05, 0.1) is 24.8 Å². The van der Waals surface area contributed by atoms with Crippen LogP contribution in [0.1, 0.15) is 24.5 Å². The van der Waals surface area contributed by atoms with E-state index in [0.29, 0.717) is 33.4 Å². The standard InChI is InChI=1S/C21H19F2N5O3S/c1-29-14-7-11(22)5-6-16(14)32-28-21-18-15(31-27-21)8-13(19(23)20(18)30-2)24-17-9-12(25-26-17)10-3-4-10/h5-10H,3-4H2,1-2H3,(H,27,28)(H2,24,25,26). The Kier molecular flexibility index (Phi) is 5.25. The maximum atomic E-state index is 15.3. The molecule has 0 spiro atoms. The average Bonchev–Trinajstić information content (AvgIpc) is 3.42. The molecule has 2 aromatic heterocycles. The van der Waals surface area contributed by atoms with Crippen molar-refractivity contribution in [2.45, 2.75) is 23.7 Å². The molecule has 0 atom stereocenters. The van der Waals surface area contributed by atoms with Gasteiger partial charge in [0.1, 0.15) is 17.0 Å². The number of ether oxygens (including phenoxy) is 2. The van der Waals surface area contributed by atoms with E-state index in [0.717, 1.165) is 30.5 Å². The maximum absolute atomic E-state index is 15.3. The monoisotopic (exact) mass is 459 g/mol. The topological polar surface area (TPSA) is 97.2 Å². The van der Waals surface area contributed by atoms with Crippen LogP contribution in [-0.2, 0) is 0 Å². The van der Waals surface area contributed by atoms with E-state index in [2.05, 4.69) is 25.4 Å². The molecule has 0 bridgehead atoms. The van der Waals surface area contributed by atoms with Gasteiger partial charge in [0.2, 0.25) is 0 Å². The number of aromatic nitrogens is 3. The van der Waals surface area contributed by atoms with E-state index in [1.54, 1.807) is 6.07 Å². The summed E-state index contributed by atoms with van der Waals surface area (Å²) in [6.07, 6.45) is 2.26. The highest BCUT2D eigenvalue weighted by Gasteiger charge is 2.26. The molecule has 3 N–H and O–H groups in total. The Morgan fingerprint density at radius 2 is 2.00 bits per heavy atom. The summed E-state index contributed by atoms with van der Waals surface area (Å²) in [7, 11) is 2.82.